The first-order chi connectivity index (χ1) is 11.4. The predicted octanol–water partition coefficient (Wildman–Crippen LogP) is 4.52. The van der Waals surface area contributed by atoms with Crippen molar-refractivity contribution in [2.45, 2.75) is 19.3 Å². The van der Waals surface area contributed by atoms with Crippen LogP contribution in [0.5, 0.6) is 0 Å². The molecule has 0 radical (unpaired) electrons. The molecule has 3 aromatic rings. The molecule has 120 valence electrons. The second kappa shape index (κ2) is 6.10. The number of nitrogen functional groups attached to an aromatic ring is 1. The van der Waals surface area contributed by atoms with Crippen LogP contribution in [0.2, 0.25) is 0 Å². The third kappa shape index (κ3) is 3.03. The summed E-state index contributed by atoms with van der Waals surface area (Å²) in [5.74, 6) is 0. The number of aromatic nitrogens is 2. The first-order valence-corrected chi connectivity index (χ1v) is 8.18. The molecule has 0 saturated carbocycles. The first kappa shape index (κ1) is 16.2. The maximum Gasteiger partial charge on any atom is 0.0937 e. The molecule has 0 spiro atoms. The minimum atomic E-state index is -0.619. The Morgan fingerprint density at radius 1 is 1.17 bits per heavy atom. The Hall–Kier alpha value is -2.65. The average molecular weight is 382 g/mol. The van der Waals surface area contributed by atoms with Crippen LogP contribution in [0.15, 0.2) is 47.2 Å². The van der Waals surface area contributed by atoms with Crippen LogP contribution in [-0.2, 0) is 5.41 Å². The highest BCUT2D eigenvalue weighted by Gasteiger charge is 2.21. The number of pyridine rings is 2. The van der Waals surface area contributed by atoms with Crippen LogP contribution in [0.4, 0.5) is 17.1 Å². The van der Waals surface area contributed by atoms with Crippen LogP contribution in [0.1, 0.15) is 19.5 Å². The number of nitrogens with two attached hydrogens (primary N) is 1. The zero-order valence-corrected chi connectivity index (χ0v) is 14.9. The molecule has 3 rings (SSSR count). The monoisotopic (exact) mass is 381 g/mol. The quantitative estimate of drug-likeness (QED) is 0.696. The van der Waals surface area contributed by atoms with E-state index in [1.54, 1.807) is 12.4 Å². The molecule has 0 aliphatic rings. The van der Waals surface area contributed by atoms with Gasteiger partial charge in [-0.05, 0) is 44.2 Å². The van der Waals surface area contributed by atoms with Crippen molar-refractivity contribution in [3.8, 4) is 6.07 Å². The van der Waals surface area contributed by atoms with Gasteiger partial charge in [0.2, 0.25) is 0 Å². The zero-order valence-electron chi connectivity index (χ0n) is 13.3. The molecular formula is C18H16BrN5. The Kier molecular flexibility index (Phi) is 4.12. The normalized spacial score (nSPS) is 11.2. The Labute approximate surface area is 148 Å². The van der Waals surface area contributed by atoms with Crippen molar-refractivity contribution < 1.29 is 0 Å². The van der Waals surface area contributed by atoms with Gasteiger partial charge >= 0.3 is 0 Å². The lowest BCUT2D eigenvalue weighted by Gasteiger charge is -2.16. The molecule has 0 bridgehead atoms. The van der Waals surface area contributed by atoms with Crippen molar-refractivity contribution in [3.63, 3.8) is 0 Å². The van der Waals surface area contributed by atoms with Gasteiger partial charge < -0.3 is 11.1 Å². The summed E-state index contributed by atoms with van der Waals surface area (Å²) in [6.45, 7) is 3.68. The van der Waals surface area contributed by atoms with Gasteiger partial charge in [-0.25, -0.2) is 0 Å². The number of hydrogen-bond acceptors (Lipinski definition) is 5. The lowest BCUT2D eigenvalue weighted by molar-refractivity contribution is 0.660. The van der Waals surface area contributed by atoms with Gasteiger partial charge in [0.1, 0.15) is 0 Å². The molecule has 3 N–H and O–H groups in total. The largest absolute Gasteiger partial charge is 0.396 e. The third-order valence-electron chi connectivity index (χ3n) is 3.81. The van der Waals surface area contributed by atoms with Crippen LogP contribution in [0.3, 0.4) is 0 Å². The summed E-state index contributed by atoms with van der Waals surface area (Å²) in [5, 5.41) is 13.4. The lowest BCUT2D eigenvalue weighted by Crippen LogP contribution is -2.15. The van der Waals surface area contributed by atoms with Crippen molar-refractivity contribution in [2.24, 2.45) is 0 Å². The molecule has 2 aromatic heterocycles. The summed E-state index contributed by atoms with van der Waals surface area (Å²) in [6, 6.07) is 11.8. The molecule has 0 aliphatic carbocycles. The second-order valence-electron chi connectivity index (χ2n) is 6.04. The van der Waals surface area contributed by atoms with Gasteiger partial charge in [-0.15, -0.1) is 0 Å². The van der Waals surface area contributed by atoms with Gasteiger partial charge in [-0.2, -0.15) is 5.26 Å². The summed E-state index contributed by atoms with van der Waals surface area (Å²) in [6.07, 6.45) is 3.34. The van der Waals surface area contributed by atoms with Crippen molar-refractivity contribution in [1.82, 2.24) is 9.97 Å². The smallest absolute Gasteiger partial charge is 0.0937 e. The summed E-state index contributed by atoms with van der Waals surface area (Å²) in [5.41, 5.74) is 9.20. The Bertz CT molecular complexity index is 937. The molecule has 0 amide bonds. The minimum Gasteiger partial charge on any atom is -0.396 e. The number of benzene rings is 1. The number of anilines is 3. The molecule has 6 heteroatoms. The molecule has 2 heterocycles. The number of nitrogens with one attached hydrogen (secondary N) is 1. The highest BCUT2D eigenvalue weighted by Crippen LogP contribution is 2.32. The summed E-state index contributed by atoms with van der Waals surface area (Å²) >= 11 is 3.48. The van der Waals surface area contributed by atoms with Gasteiger partial charge in [-0.1, -0.05) is 15.9 Å². The van der Waals surface area contributed by atoms with Gasteiger partial charge in [0.05, 0.1) is 52.2 Å². The number of rotatable bonds is 3. The fourth-order valence-corrected chi connectivity index (χ4v) is 2.72. The van der Waals surface area contributed by atoms with E-state index in [0.717, 1.165) is 32.4 Å². The summed E-state index contributed by atoms with van der Waals surface area (Å²) in [4.78, 5) is 8.74. The summed E-state index contributed by atoms with van der Waals surface area (Å²) in [7, 11) is 0. The topological polar surface area (TPSA) is 87.6 Å². The van der Waals surface area contributed by atoms with Crippen LogP contribution in [0.25, 0.3) is 10.9 Å². The van der Waals surface area contributed by atoms with E-state index in [9.17, 15) is 5.26 Å². The van der Waals surface area contributed by atoms with E-state index in [2.05, 4.69) is 37.3 Å². The number of fused-ring (bicyclic) bond motifs is 1. The fourth-order valence-electron chi connectivity index (χ4n) is 2.36. The van der Waals surface area contributed by atoms with E-state index >= 15 is 0 Å². The highest BCUT2D eigenvalue weighted by atomic mass is 79.9. The standard InChI is InChI=1S/C18H16BrN5/c1-18(2,10-20)16-6-4-12(8-23-16)24-17-13-7-11(19)3-5-15(13)22-9-14(17)21/h3-9H,21H2,1-2H3,(H,22,24). The number of nitriles is 1. The van der Waals surface area contributed by atoms with E-state index in [4.69, 9.17) is 5.73 Å². The van der Waals surface area contributed by atoms with Gasteiger partial charge in [0.15, 0.2) is 0 Å². The Balaban J connectivity index is 2.00. The van der Waals surface area contributed by atoms with E-state index in [-0.39, 0.29) is 0 Å². The van der Waals surface area contributed by atoms with Crippen molar-refractivity contribution in [3.05, 3.63) is 52.9 Å². The molecule has 0 saturated heterocycles. The second-order valence-corrected chi connectivity index (χ2v) is 6.96. The van der Waals surface area contributed by atoms with Crippen molar-refractivity contribution >= 4 is 43.9 Å². The van der Waals surface area contributed by atoms with Crippen LogP contribution in [-0.4, -0.2) is 9.97 Å². The maximum atomic E-state index is 9.20. The van der Waals surface area contributed by atoms with Crippen molar-refractivity contribution in [1.29, 1.82) is 5.26 Å². The SMILES string of the molecule is CC(C)(C#N)c1ccc(Nc2c(N)cnc3ccc(Br)cc23)cn1. The number of halogens is 1. The van der Waals surface area contributed by atoms with Crippen molar-refractivity contribution in [2.75, 3.05) is 11.1 Å². The third-order valence-corrected chi connectivity index (χ3v) is 4.31. The Morgan fingerprint density at radius 2 is 1.96 bits per heavy atom. The molecule has 0 aliphatic heterocycles. The number of nitrogens with zero attached hydrogens (tertiary/aromatic N) is 3. The Morgan fingerprint density at radius 3 is 2.62 bits per heavy atom. The van der Waals surface area contributed by atoms with Gasteiger partial charge in [-0.3, -0.25) is 9.97 Å². The number of hydrogen-bond donors (Lipinski definition) is 2. The van der Waals surface area contributed by atoms with Gasteiger partial charge in [0, 0.05) is 9.86 Å². The van der Waals surface area contributed by atoms with Crippen LogP contribution >= 0.6 is 15.9 Å². The zero-order chi connectivity index (χ0) is 17.3. The van der Waals surface area contributed by atoms with Crippen LogP contribution in [0, 0.1) is 11.3 Å². The molecule has 5 nitrogen and oxygen atoms in total. The lowest BCUT2D eigenvalue weighted by atomic mass is 9.91. The van der Waals surface area contributed by atoms with Crippen LogP contribution < -0.4 is 11.1 Å². The average Bonchev–Trinajstić information content (AvgIpc) is 2.58. The highest BCUT2D eigenvalue weighted by molar-refractivity contribution is 9.10. The van der Waals surface area contributed by atoms with Gasteiger partial charge in [0.25, 0.3) is 0 Å². The fraction of sp³-hybridized carbons (Fsp3) is 0.167. The molecule has 0 fully saturated rings. The molecule has 24 heavy (non-hydrogen) atoms. The molecule has 0 unspecified atom stereocenters. The molecule has 0 atom stereocenters. The first-order valence-electron chi connectivity index (χ1n) is 7.39. The maximum absolute atomic E-state index is 9.20. The molecule has 1 aromatic carbocycles. The van der Waals surface area contributed by atoms with E-state index in [1.807, 2.05) is 44.2 Å². The van der Waals surface area contributed by atoms with E-state index < -0.39 is 5.41 Å². The molecular weight excluding hydrogens is 366 g/mol. The van der Waals surface area contributed by atoms with E-state index in [1.165, 1.54) is 0 Å². The predicted molar refractivity (Wildman–Crippen MR) is 100 cm³/mol. The van der Waals surface area contributed by atoms with E-state index in [0.29, 0.717) is 5.69 Å². The summed E-state index contributed by atoms with van der Waals surface area (Å²) < 4.78 is 0.953. The minimum absolute atomic E-state index is 0.557.